The summed E-state index contributed by atoms with van der Waals surface area (Å²) in [4.78, 5) is 12.1. The van der Waals surface area contributed by atoms with Crippen LogP contribution in [0, 0.1) is 0 Å². The van der Waals surface area contributed by atoms with Gasteiger partial charge in [0.05, 0.1) is 17.5 Å². The van der Waals surface area contributed by atoms with Crippen LogP contribution in [0.4, 0.5) is 5.69 Å². The predicted octanol–water partition coefficient (Wildman–Crippen LogP) is 4.32. The molecule has 2 aromatic carbocycles. The summed E-state index contributed by atoms with van der Waals surface area (Å²) in [7, 11) is 0. The summed E-state index contributed by atoms with van der Waals surface area (Å²) in [5.41, 5.74) is 1.07. The number of carbonyl (C=O) groups is 1. The minimum Gasteiger partial charge on any atom is -0.472 e. The van der Waals surface area contributed by atoms with Crippen molar-refractivity contribution in [3.8, 4) is 11.5 Å². The molecule has 0 saturated carbocycles. The molecule has 0 aliphatic heterocycles. The summed E-state index contributed by atoms with van der Waals surface area (Å²) in [6.45, 7) is 0. The topological polar surface area (TPSA) is 51.5 Å². The molecule has 0 radical (unpaired) electrons. The molecular formula is C17H13NO3. The third kappa shape index (κ3) is 3.12. The molecule has 0 unspecified atom stereocenters. The number of benzene rings is 2. The molecule has 1 aromatic heterocycles. The van der Waals surface area contributed by atoms with E-state index in [0.717, 1.165) is 0 Å². The van der Waals surface area contributed by atoms with Gasteiger partial charge in [-0.15, -0.1) is 0 Å². The van der Waals surface area contributed by atoms with Gasteiger partial charge in [-0.2, -0.15) is 0 Å². The van der Waals surface area contributed by atoms with Gasteiger partial charge in [-0.05, 0) is 30.3 Å². The molecule has 104 valence electrons. The third-order valence-electron chi connectivity index (χ3n) is 2.89. The molecule has 1 amide bonds. The Kier molecular flexibility index (Phi) is 3.69. The first-order chi connectivity index (χ1) is 10.3. The Hall–Kier alpha value is -3.01. The van der Waals surface area contributed by atoms with Crippen LogP contribution in [0.1, 0.15) is 10.4 Å². The van der Waals surface area contributed by atoms with Crippen molar-refractivity contribution in [2.45, 2.75) is 0 Å². The van der Waals surface area contributed by atoms with Gasteiger partial charge in [0.25, 0.3) is 5.91 Å². The van der Waals surface area contributed by atoms with Gasteiger partial charge < -0.3 is 14.5 Å². The van der Waals surface area contributed by atoms with E-state index in [1.165, 1.54) is 12.5 Å². The van der Waals surface area contributed by atoms with E-state index >= 15 is 0 Å². The highest BCUT2D eigenvalue weighted by molar-refractivity contribution is 6.04. The smallest absolute Gasteiger partial charge is 0.259 e. The van der Waals surface area contributed by atoms with E-state index in [9.17, 15) is 4.79 Å². The molecule has 0 atom stereocenters. The minimum atomic E-state index is -0.243. The maximum absolute atomic E-state index is 12.1. The fourth-order valence-corrected chi connectivity index (χ4v) is 1.86. The van der Waals surface area contributed by atoms with Crippen molar-refractivity contribution in [2.24, 2.45) is 0 Å². The van der Waals surface area contributed by atoms with E-state index < -0.39 is 0 Å². The van der Waals surface area contributed by atoms with Crippen LogP contribution >= 0.6 is 0 Å². The number of amides is 1. The minimum absolute atomic E-state index is 0.243. The quantitative estimate of drug-likeness (QED) is 0.773. The van der Waals surface area contributed by atoms with E-state index in [1.54, 1.807) is 18.2 Å². The van der Waals surface area contributed by atoms with Gasteiger partial charge in [0.15, 0.2) is 5.75 Å². The lowest BCUT2D eigenvalue weighted by Crippen LogP contribution is -2.11. The van der Waals surface area contributed by atoms with Gasteiger partial charge in [0, 0.05) is 0 Å². The largest absolute Gasteiger partial charge is 0.472 e. The highest BCUT2D eigenvalue weighted by Gasteiger charge is 2.11. The Morgan fingerprint density at radius 2 is 1.71 bits per heavy atom. The van der Waals surface area contributed by atoms with Crippen LogP contribution in [0.25, 0.3) is 0 Å². The average molecular weight is 279 g/mol. The van der Waals surface area contributed by atoms with Crippen LogP contribution < -0.4 is 10.1 Å². The highest BCUT2D eigenvalue weighted by atomic mass is 16.5. The molecule has 0 aliphatic carbocycles. The summed E-state index contributed by atoms with van der Waals surface area (Å²) in [5.74, 6) is 1.05. The van der Waals surface area contributed by atoms with Gasteiger partial charge >= 0.3 is 0 Å². The molecule has 0 bridgehead atoms. The predicted molar refractivity (Wildman–Crippen MR) is 79.6 cm³/mol. The standard InChI is InChI=1S/C17H13NO3/c19-17(13-10-11-20-12-13)18-15-8-4-5-9-16(15)21-14-6-2-1-3-7-14/h1-12H,(H,18,19). The molecule has 0 fully saturated rings. The molecule has 3 rings (SSSR count). The van der Waals surface area contributed by atoms with Crippen molar-refractivity contribution in [1.82, 2.24) is 0 Å². The zero-order valence-electron chi connectivity index (χ0n) is 11.2. The number of hydrogen-bond donors (Lipinski definition) is 1. The normalized spacial score (nSPS) is 10.1. The Morgan fingerprint density at radius 3 is 2.48 bits per heavy atom. The summed E-state index contributed by atoms with van der Waals surface area (Å²) in [6.07, 6.45) is 2.86. The summed E-state index contributed by atoms with van der Waals surface area (Å²) in [6, 6.07) is 18.3. The Morgan fingerprint density at radius 1 is 0.952 bits per heavy atom. The fraction of sp³-hybridized carbons (Fsp3) is 0. The van der Waals surface area contributed by atoms with Gasteiger partial charge in [0.1, 0.15) is 12.0 Å². The molecule has 4 heteroatoms. The first-order valence-corrected chi connectivity index (χ1v) is 6.48. The second-order valence-electron chi connectivity index (χ2n) is 4.38. The molecule has 0 spiro atoms. The molecular weight excluding hydrogens is 266 g/mol. The van der Waals surface area contributed by atoms with E-state index in [1.807, 2.05) is 42.5 Å². The van der Waals surface area contributed by atoms with Gasteiger partial charge in [0.2, 0.25) is 0 Å². The number of hydrogen-bond acceptors (Lipinski definition) is 3. The van der Waals surface area contributed by atoms with Crippen molar-refractivity contribution in [1.29, 1.82) is 0 Å². The summed E-state index contributed by atoms with van der Waals surface area (Å²) >= 11 is 0. The number of carbonyl (C=O) groups excluding carboxylic acids is 1. The average Bonchev–Trinajstić information content (AvgIpc) is 3.05. The zero-order chi connectivity index (χ0) is 14.5. The number of anilines is 1. The number of para-hydroxylation sites is 3. The van der Waals surface area contributed by atoms with Crippen LogP contribution in [-0.4, -0.2) is 5.91 Å². The second-order valence-corrected chi connectivity index (χ2v) is 4.38. The van der Waals surface area contributed by atoms with Gasteiger partial charge in [-0.3, -0.25) is 4.79 Å². The molecule has 3 aromatic rings. The van der Waals surface area contributed by atoms with E-state index in [2.05, 4.69) is 5.32 Å². The van der Waals surface area contributed by atoms with E-state index in [4.69, 9.17) is 9.15 Å². The Bertz CT molecular complexity index is 721. The molecule has 21 heavy (non-hydrogen) atoms. The lowest BCUT2D eigenvalue weighted by molar-refractivity contribution is 0.102. The lowest BCUT2D eigenvalue weighted by atomic mass is 10.2. The van der Waals surface area contributed by atoms with Crippen molar-refractivity contribution >= 4 is 11.6 Å². The lowest BCUT2D eigenvalue weighted by Gasteiger charge is -2.11. The Balaban J connectivity index is 1.81. The van der Waals surface area contributed by atoms with Crippen molar-refractivity contribution in [3.63, 3.8) is 0 Å². The maximum atomic E-state index is 12.1. The van der Waals surface area contributed by atoms with Crippen LogP contribution in [0.2, 0.25) is 0 Å². The molecule has 1 heterocycles. The number of rotatable bonds is 4. The number of ether oxygens (including phenoxy) is 1. The molecule has 4 nitrogen and oxygen atoms in total. The van der Waals surface area contributed by atoms with Crippen molar-refractivity contribution in [2.75, 3.05) is 5.32 Å². The van der Waals surface area contributed by atoms with Crippen LogP contribution in [0.15, 0.2) is 77.6 Å². The van der Waals surface area contributed by atoms with Crippen LogP contribution in [0.5, 0.6) is 11.5 Å². The molecule has 0 aliphatic rings. The summed E-state index contributed by atoms with van der Waals surface area (Å²) in [5, 5.41) is 2.81. The maximum Gasteiger partial charge on any atom is 0.259 e. The number of furan rings is 1. The molecule has 1 N–H and O–H groups in total. The molecule has 0 saturated heterocycles. The van der Waals surface area contributed by atoms with E-state index in [0.29, 0.717) is 22.7 Å². The zero-order valence-corrected chi connectivity index (χ0v) is 11.2. The van der Waals surface area contributed by atoms with Gasteiger partial charge in [-0.25, -0.2) is 0 Å². The first-order valence-electron chi connectivity index (χ1n) is 6.48. The Labute approximate surface area is 122 Å². The SMILES string of the molecule is O=C(Nc1ccccc1Oc1ccccc1)c1ccoc1. The monoisotopic (exact) mass is 279 g/mol. The first kappa shape index (κ1) is 13.0. The van der Waals surface area contributed by atoms with Crippen molar-refractivity contribution in [3.05, 3.63) is 78.8 Å². The van der Waals surface area contributed by atoms with Crippen LogP contribution in [0.3, 0.4) is 0 Å². The van der Waals surface area contributed by atoms with Crippen LogP contribution in [-0.2, 0) is 0 Å². The van der Waals surface area contributed by atoms with Gasteiger partial charge in [-0.1, -0.05) is 30.3 Å². The van der Waals surface area contributed by atoms with E-state index in [-0.39, 0.29) is 5.91 Å². The summed E-state index contributed by atoms with van der Waals surface area (Å²) < 4.78 is 10.7. The fourth-order valence-electron chi connectivity index (χ4n) is 1.86. The third-order valence-corrected chi connectivity index (χ3v) is 2.89. The highest BCUT2D eigenvalue weighted by Crippen LogP contribution is 2.29. The number of nitrogens with one attached hydrogen (secondary N) is 1. The van der Waals surface area contributed by atoms with Crippen molar-refractivity contribution < 1.29 is 13.9 Å². The second kappa shape index (κ2) is 5.96.